The van der Waals surface area contributed by atoms with Crippen LogP contribution in [0.1, 0.15) is 10.5 Å². The van der Waals surface area contributed by atoms with Gasteiger partial charge < -0.3 is 30.4 Å². The molecular formula is C22H22N6O4. The van der Waals surface area contributed by atoms with Crippen molar-refractivity contribution in [3.63, 3.8) is 0 Å². The van der Waals surface area contributed by atoms with Crippen molar-refractivity contribution in [2.45, 2.75) is 0 Å². The first kappa shape index (κ1) is 20.9. The highest BCUT2D eigenvalue weighted by molar-refractivity contribution is 5.93. The number of carbonyl (C=O) groups excluding carboxylic acids is 1. The van der Waals surface area contributed by atoms with Gasteiger partial charge in [0.2, 0.25) is 5.95 Å². The average molecular weight is 434 g/mol. The number of hydrogen-bond donors (Lipinski definition) is 3. The summed E-state index contributed by atoms with van der Waals surface area (Å²) in [5.74, 6) is 1.91. The summed E-state index contributed by atoms with van der Waals surface area (Å²) in [6.45, 7) is 0.701. The van der Waals surface area contributed by atoms with Gasteiger partial charge >= 0.3 is 0 Å². The first-order chi connectivity index (χ1) is 15.6. The average Bonchev–Trinajstić information content (AvgIpc) is 3.32. The van der Waals surface area contributed by atoms with Crippen molar-refractivity contribution in [3.8, 4) is 22.8 Å². The number of rotatable bonds is 8. The van der Waals surface area contributed by atoms with Crippen LogP contribution in [0.2, 0.25) is 0 Å². The fourth-order valence-electron chi connectivity index (χ4n) is 3.12. The maximum absolute atomic E-state index is 12.3. The third-order valence-corrected chi connectivity index (χ3v) is 4.73. The first-order valence-corrected chi connectivity index (χ1v) is 9.82. The second-order valence-corrected chi connectivity index (χ2v) is 6.78. The summed E-state index contributed by atoms with van der Waals surface area (Å²) in [6, 6.07) is 14.5. The molecule has 0 atom stereocenters. The molecule has 0 spiro atoms. The Labute approximate surface area is 183 Å². The molecule has 0 aliphatic rings. The number of benzene rings is 2. The lowest BCUT2D eigenvalue weighted by Gasteiger charge is -2.11. The van der Waals surface area contributed by atoms with Crippen molar-refractivity contribution in [1.82, 2.24) is 20.4 Å². The van der Waals surface area contributed by atoms with Gasteiger partial charge in [0.25, 0.3) is 5.91 Å². The van der Waals surface area contributed by atoms with Crippen molar-refractivity contribution in [1.29, 1.82) is 0 Å². The number of nitrogens with two attached hydrogens (primary N) is 1. The maximum Gasteiger partial charge on any atom is 0.273 e. The van der Waals surface area contributed by atoms with E-state index in [4.69, 9.17) is 19.7 Å². The molecule has 0 saturated heterocycles. The summed E-state index contributed by atoms with van der Waals surface area (Å²) < 4.78 is 15.9. The second kappa shape index (κ2) is 9.21. The van der Waals surface area contributed by atoms with Gasteiger partial charge in [0.05, 0.1) is 19.7 Å². The standard InChI is InChI=1S/C22H22N6O4/c1-30-18-10-14-15(11-19(18)31-2)26-22(27-20(14)23)25-9-8-24-21(29)16-12-17(32-28-16)13-6-4-3-5-7-13/h3-7,10-12H,8-9H2,1-2H3,(H,24,29)(H3,23,25,26,27). The van der Waals surface area contributed by atoms with Crippen LogP contribution >= 0.6 is 0 Å². The zero-order chi connectivity index (χ0) is 22.5. The number of carbonyl (C=O) groups is 1. The highest BCUT2D eigenvalue weighted by Crippen LogP contribution is 2.33. The molecule has 0 saturated carbocycles. The van der Waals surface area contributed by atoms with E-state index in [0.29, 0.717) is 53.0 Å². The van der Waals surface area contributed by atoms with Crippen LogP contribution in [0.3, 0.4) is 0 Å². The number of methoxy groups -OCH3 is 2. The number of fused-ring (bicyclic) bond motifs is 1. The van der Waals surface area contributed by atoms with E-state index in [1.54, 1.807) is 32.4 Å². The molecule has 2 aromatic heterocycles. The lowest BCUT2D eigenvalue weighted by atomic mass is 10.1. The predicted molar refractivity (Wildman–Crippen MR) is 120 cm³/mol. The number of hydrogen-bond acceptors (Lipinski definition) is 9. The molecule has 4 rings (SSSR count). The number of nitrogens with zero attached hydrogens (tertiary/aromatic N) is 3. The number of nitrogens with one attached hydrogen (secondary N) is 2. The molecule has 10 nitrogen and oxygen atoms in total. The molecule has 164 valence electrons. The molecule has 2 aromatic carbocycles. The molecule has 2 heterocycles. The Morgan fingerprint density at radius 2 is 1.78 bits per heavy atom. The number of aromatic nitrogens is 3. The number of nitrogen functional groups attached to an aromatic ring is 1. The van der Waals surface area contributed by atoms with Gasteiger partial charge in [-0.3, -0.25) is 4.79 Å². The smallest absolute Gasteiger partial charge is 0.273 e. The zero-order valence-electron chi connectivity index (χ0n) is 17.6. The summed E-state index contributed by atoms with van der Waals surface area (Å²) in [4.78, 5) is 21.0. The molecule has 4 aromatic rings. The molecule has 32 heavy (non-hydrogen) atoms. The normalized spacial score (nSPS) is 10.7. The molecule has 10 heteroatoms. The first-order valence-electron chi connectivity index (χ1n) is 9.82. The highest BCUT2D eigenvalue weighted by atomic mass is 16.5. The van der Waals surface area contributed by atoms with Crippen LogP contribution in [0.4, 0.5) is 11.8 Å². The van der Waals surface area contributed by atoms with Crippen LogP contribution < -0.4 is 25.8 Å². The number of anilines is 2. The highest BCUT2D eigenvalue weighted by Gasteiger charge is 2.14. The topological polar surface area (TPSA) is 137 Å². The number of ether oxygens (including phenoxy) is 2. The Morgan fingerprint density at radius 1 is 1.03 bits per heavy atom. The quantitative estimate of drug-likeness (QED) is 0.357. The lowest BCUT2D eigenvalue weighted by Crippen LogP contribution is -2.29. The maximum atomic E-state index is 12.3. The summed E-state index contributed by atoms with van der Waals surface area (Å²) in [6.07, 6.45) is 0. The summed E-state index contributed by atoms with van der Waals surface area (Å²) in [7, 11) is 3.10. The molecule has 0 radical (unpaired) electrons. The van der Waals surface area contributed by atoms with Crippen LogP contribution in [0.5, 0.6) is 11.5 Å². The Balaban J connectivity index is 1.36. The van der Waals surface area contributed by atoms with Crippen molar-refractivity contribution < 1.29 is 18.8 Å². The fourth-order valence-corrected chi connectivity index (χ4v) is 3.12. The summed E-state index contributed by atoms with van der Waals surface area (Å²) >= 11 is 0. The third-order valence-electron chi connectivity index (χ3n) is 4.73. The zero-order valence-corrected chi connectivity index (χ0v) is 17.6. The van der Waals surface area contributed by atoms with Gasteiger partial charge in [0.1, 0.15) is 5.82 Å². The van der Waals surface area contributed by atoms with E-state index in [1.165, 1.54) is 0 Å². The molecular weight excluding hydrogens is 412 g/mol. The summed E-state index contributed by atoms with van der Waals surface area (Å²) in [5.41, 5.74) is 7.74. The lowest BCUT2D eigenvalue weighted by molar-refractivity contribution is 0.0946. The number of amides is 1. The molecule has 0 aliphatic carbocycles. The Hall–Kier alpha value is -4.34. The van der Waals surface area contributed by atoms with Gasteiger partial charge in [0, 0.05) is 36.2 Å². The van der Waals surface area contributed by atoms with Crippen LogP contribution in [-0.4, -0.2) is 48.3 Å². The van der Waals surface area contributed by atoms with Crippen LogP contribution in [0.15, 0.2) is 53.1 Å². The van der Waals surface area contributed by atoms with E-state index >= 15 is 0 Å². The van der Waals surface area contributed by atoms with Crippen LogP contribution in [0.25, 0.3) is 22.2 Å². The molecule has 1 amide bonds. The second-order valence-electron chi connectivity index (χ2n) is 6.78. The van der Waals surface area contributed by atoms with Crippen molar-refractivity contribution in [2.75, 3.05) is 38.4 Å². The van der Waals surface area contributed by atoms with Crippen LogP contribution in [0, 0.1) is 0 Å². The minimum atomic E-state index is -0.339. The molecule has 0 bridgehead atoms. The third kappa shape index (κ3) is 4.38. The summed E-state index contributed by atoms with van der Waals surface area (Å²) in [5, 5.41) is 10.3. The monoisotopic (exact) mass is 434 g/mol. The van der Waals surface area contributed by atoms with E-state index in [-0.39, 0.29) is 11.6 Å². The van der Waals surface area contributed by atoms with E-state index < -0.39 is 0 Å². The Morgan fingerprint density at radius 3 is 2.53 bits per heavy atom. The molecule has 4 N–H and O–H groups in total. The van der Waals surface area contributed by atoms with Crippen LogP contribution in [-0.2, 0) is 0 Å². The minimum absolute atomic E-state index is 0.205. The largest absolute Gasteiger partial charge is 0.493 e. The van der Waals surface area contributed by atoms with Gasteiger partial charge in [-0.15, -0.1) is 0 Å². The van der Waals surface area contributed by atoms with Gasteiger partial charge in [-0.1, -0.05) is 35.5 Å². The molecule has 0 fully saturated rings. The van der Waals surface area contributed by atoms with Gasteiger partial charge in [0.15, 0.2) is 23.0 Å². The van der Waals surface area contributed by atoms with E-state index in [2.05, 4.69) is 25.8 Å². The van der Waals surface area contributed by atoms with Crippen molar-refractivity contribution in [2.24, 2.45) is 0 Å². The van der Waals surface area contributed by atoms with Crippen molar-refractivity contribution in [3.05, 3.63) is 54.2 Å². The van der Waals surface area contributed by atoms with E-state index in [0.717, 1.165) is 5.56 Å². The van der Waals surface area contributed by atoms with Gasteiger partial charge in [-0.2, -0.15) is 4.98 Å². The SMILES string of the molecule is COc1cc2nc(NCCNC(=O)c3cc(-c4ccccc4)on3)nc(N)c2cc1OC. The van der Waals surface area contributed by atoms with Gasteiger partial charge in [-0.05, 0) is 6.07 Å². The minimum Gasteiger partial charge on any atom is -0.493 e. The van der Waals surface area contributed by atoms with Crippen molar-refractivity contribution >= 4 is 28.6 Å². The Bertz CT molecular complexity index is 1240. The Kier molecular flexibility index (Phi) is 6.02. The van der Waals surface area contributed by atoms with Gasteiger partial charge in [-0.25, -0.2) is 4.98 Å². The molecule has 0 aliphatic heterocycles. The predicted octanol–water partition coefficient (Wildman–Crippen LogP) is 2.73. The van der Waals surface area contributed by atoms with E-state index in [1.807, 2.05) is 30.3 Å². The fraction of sp³-hybridized carbons (Fsp3) is 0.182. The molecule has 0 unspecified atom stereocenters. The van der Waals surface area contributed by atoms with E-state index in [9.17, 15) is 4.79 Å².